The molecule has 3 aliphatic rings. The molecule has 3 saturated heterocycles. The van der Waals surface area contributed by atoms with Crippen molar-refractivity contribution in [2.75, 3.05) is 19.6 Å². The van der Waals surface area contributed by atoms with E-state index in [4.69, 9.17) is 5.73 Å². The monoisotopic (exact) mass is 338 g/mol. The normalized spacial score (nSPS) is 25.6. The maximum absolute atomic E-state index is 11.9. The lowest BCUT2D eigenvalue weighted by molar-refractivity contribution is 0.0855. The van der Waals surface area contributed by atoms with Crippen molar-refractivity contribution in [3.8, 4) is 0 Å². The van der Waals surface area contributed by atoms with Crippen LogP contribution in [0.15, 0.2) is 58.3 Å². The molecule has 0 radical (unpaired) electrons. The summed E-state index contributed by atoms with van der Waals surface area (Å²) in [6, 6.07) is 16.5. The topological polar surface area (TPSA) is 46.3 Å². The van der Waals surface area contributed by atoms with Crippen LogP contribution in [0.25, 0.3) is 0 Å². The minimum absolute atomic E-state index is 0.308. The van der Waals surface area contributed by atoms with Crippen LogP contribution in [0.3, 0.4) is 0 Å². The van der Waals surface area contributed by atoms with Gasteiger partial charge in [-0.05, 0) is 67.7 Å². The van der Waals surface area contributed by atoms with Gasteiger partial charge >= 0.3 is 0 Å². The summed E-state index contributed by atoms with van der Waals surface area (Å²) in [4.78, 5) is 16.9. The van der Waals surface area contributed by atoms with E-state index in [1.807, 2.05) is 30.3 Å². The van der Waals surface area contributed by atoms with Gasteiger partial charge in [0.05, 0.1) is 0 Å². The highest BCUT2D eigenvalue weighted by Gasteiger charge is 2.36. The molecule has 3 fully saturated rings. The summed E-state index contributed by atoms with van der Waals surface area (Å²) in [5.41, 5.74) is 7.51. The van der Waals surface area contributed by atoms with Crippen LogP contribution in [-0.2, 0) is 0 Å². The fraction of sp³-hybridized carbons (Fsp3) is 0.350. The van der Waals surface area contributed by atoms with Crippen LogP contribution >= 0.6 is 11.8 Å². The Morgan fingerprint density at radius 2 is 1.79 bits per heavy atom. The zero-order valence-corrected chi connectivity index (χ0v) is 14.5. The number of nitrogens with two attached hydrogens (primary N) is 1. The summed E-state index contributed by atoms with van der Waals surface area (Å²) in [6.07, 6.45) is 2.47. The third-order valence-corrected chi connectivity index (χ3v) is 6.32. The number of carbonyl (C=O) groups excluding carboxylic acids is 1. The molecule has 0 unspecified atom stereocenters. The third kappa shape index (κ3) is 3.08. The van der Waals surface area contributed by atoms with Crippen molar-refractivity contribution in [2.24, 2.45) is 11.7 Å². The van der Waals surface area contributed by atoms with Gasteiger partial charge in [0.15, 0.2) is 0 Å². The maximum Gasteiger partial charge on any atom is 0.248 e. The van der Waals surface area contributed by atoms with Gasteiger partial charge in [0.1, 0.15) is 0 Å². The summed E-state index contributed by atoms with van der Waals surface area (Å²) in [5.74, 6) is 0.814. The number of hydrogen-bond donors (Lipinski definition) is 1. The van der Waals surface area contributed by atoms with Crippen molar-refractivity contribution in [1.29, 1.82) is 0 Å². The summed E-state index contributed by atoms with van der Waals surface area (Å²) in [5, 5.41) is 0. The summed E-state index contributed by atoms with van der Waals surface area (Å²) < 4.78 is 0. The molecule has 2 bridgehead atoms. The Balaban J connectivity index is 1.68. The maximum atomic E-state index is 11.9. The van der Waals surface area contributed by atoms with Crippen LogP contribution < -0.4 is 5.73 Å². The number of fused-ring (bicyclic) bond motifs is 3. The fourth-order valence-corrected chi connectivity index (χ4v) is 4.96. The number of piperidine rings is 3. The number of benzene rings is 2. The minimum Gasteiger partial charge on any atom is -0.366 e. The molecule has 3 aliphatic heterocycles. The Morgan fingerprint density at radius 3 is 2.42 bits per heavy atom. The first-order valence-electron chi connectivity index (χ1n) is 8.60. The molecule has 5 rings (SSSR count). The van der Waals surface area contributed by atoms with Crippen LogP contribution in [0.4, 0.5) is 0 Å². The number of rotatable bonds is 4. The van der Waals surface area contributed by atoms with E-state index in [1.54, 1.807) is 11.8 Å². The Hall–Kier alpha value is -1.78. The standard InChI is InChI=1S/C20H22N2OS/c21-20(23)17-7-6-16(24-15-4-2-1-3-5-15)12-18(17)19-13-22-10-8-14(19)9-11-22/h1-7,12,14,19H,8-11,13H2,(H2,21,23)/t19-/m1/s1. The lowest BCUT2D eigenvalue weighted by atomic mass is 9.74. The van der Waals surface area contributed by atoms with E-state index < -0.39 is 0 Å². The first kappa shape index (κ1) is 15.7. The summed E-state index contributed by atoms with van der Waals surface area (Å²) in [7, 11) is 0. The molecule has 2 aromatic carbocycles. The van der Waals surface area contributed by atoms with E-state index in [0.29, 0.717) is 17.4 Å². The van der Waals surface area contributed by atoms with E-state index >= 15 is 0 Å². The Labute approximate surface area is 147 Å². The zero-order valence-electron chi connectivity index (χ0n) is 13.7. The molecule has 0 spiro atoms. The van der Waals surface area contributed by atoms with Crippen LogP contribution in [0, 0.1) is 5.92 Å². The zero-order chi connectivity index (χ0) is 16.5. The largest absolute Gasteiger partial charge is 0.366 e. The predicted molar refractivity (Wildman–Crippen MR) is 97.4 cm³/mol. The van der Waals surface area contributed by atoms with Gasteiger partial charge in [-0.2, -0.15) is 0 Å². The molecular weight excluding hydrogens is 316 g/mol. The van der Waals surface area contributed by atoms with Gasteiger partial charge in [0, 0.05) is 27.8 Å². The molecule has 2 N–H and O–H groups in total. The SMILES string of the molecule is NC(=O)c1ccc(Sc2ccccc2)cc1[C@@H]1CN2CCC1CC2. The van der Waals surface area contributed by atoms with Crippen LogP contribution in [0.1, 0.15) is 34.7 Å². The quantitative estimate of drug-likeness (QED) is 0.923. The number of primary amides is 1. The Bertz CT molecular complexity index is 739. The van der Waals surface area contributed by atoms with Crippen LogP contribution in [0.5, 0.6) is 0 Å². The average Bonchev–Trinajstić information content (AvgIpc) is 2.63. The summed E-state index contributed by atoms with van der Waals surface area (Å²) in [6.45, 7) is 3.46. The molecule has 4 heteroatoms. The number of nitrogens with zero attached hydrogens (tertiary/aromatic N) is 1. The number of hydrogen-bond acceptors (Lipinski definition) is 3. The molecule has 2 aromatic rings. The lowest BCUT2D eigenvalue weighted by Gasteiger charge is -2.45. The molecule has 0 aliphatic carbocycles. The molecular formula is C20H22N2OS. The molecule has 0 saturated carbocycles. The van der Waals surface area contributed by atoms with Crippen molar-refractivity contribution >= 4 is 17.7 Å². The second-order valence-corrected chi connectivity index (χ2v) is 7.92. The lowest BCUT2D eigenvalue weighted by Crippen LogP contribution is -2.46. The highest BCUT2D eigenvalue weighted by Crippen LogP contribution is 2.41. The Morgan fingerprint density at radius 1 is 1.04 bits per heavy atom. The van der Waals surface area contributed by atoms with E-state index in [1.165, 1.54) is 35.7 Å². The van der Waals surface area contributed by atoms with Gasteiger partial charge in [0.2, 0.25) is 5.91 Å². The van der Waals surface area contributed by atoms with Gasteiger partial charge < -0.3 is 10.6 Å². The van der Waals surface area contributed by atoms with Crippen molar-refractivity contribution < 1.29 is 4.79 Å². The fourth-order valence-electron chi connectivity index (χ4n) is 4.08. The molecule has 24 heavy (non-hydrogen) atoms. The van der Waals surface area contributed by atoms with Gasteiger partial charge in [-0.3, -0.25) is 4.79 Å². The molecule has 1 atom stereocenters. The van der Waals surface area contributed by atoms with Crippen molar-refractivity contribution in [3.63, 3.8) is 0 Å². The molecule has 0 aromatic heterocycles. The first-order valence-corrected chi connectivity index (χ1v) is 9.41. The van der Waals surface area contributed by atoms with Crippen molar-refractivity contribution in [3.05, 3.63) is 59.7 Å². The second-order valence-electron chi connectivity index (χ2n) is 6.77. The van der Waals surface area contributed by atoms with E-state index in [2.05, 4.69) is 23.1 Å². The van der Waals surface area contributed by atoms with Crippen molar-refractivity contribution in [1.82, 2.24) is 4.90 Å². The number of amides is 1. The van der Waals surface area contributed by atoms with E-state index in [0.717, 1.165) is 12.1 Å². The van der Waals surface area contributed by atoms with E-state index in [9.17, 15) is 4.79 Å². The smallest absolute Gasteiger partial charge is 0.248 e. The van der Waals surface area contributed by atoms with Gasteiger partial charge in [0.25, 0.3) is 0 Å². The Kier molecular flexibility index (Phi) is 4.33. The highest BCUT2D eigenvalue weighted by atomic mass is 32.2. The van der Waals surface area contributed by atoms with Crippen LogP contribution in [-0.4, -0.2) is 30.4 Å². The summed E-state index contributed by atoms with van der Waals surface area (Å²) >= 11 is 1.74. The average molecular weight is 338 g/mol. The first-order chi connectivity index (χ1) is 11.7. The van der Waals surface area contributed by atoms with Gasteiger partial charge in [-0.25, -0.2) is 0 Å². The predicted octanol–water partition coefficient (Wildman–Crippen LogP) is 3.75. The second kappa shape index (κ2) is 6.61. The van der Waals surface area contributed by atoms with Crippen molar-refractivity contribution in [2.45, 2.75) is 28.6 Å². The van der Waals surface area contributed by atoms with Gasteiger partial charge in [-0.15, -0.1) is 0 Å². The van der Waals surface area contributed by atoms with Crippen LogP contribution in [0.2, 0.25) is 0 Å². The number of carbonyl (C=O) groups is 1. The third-order valence-electron chi connectivity index (χ3n) is 5.32. The highest BCUT2D eigenvalue weighted by molar-refractivity contribution is 7.99. The van der Waals surface area contributed by atoms with Gasteiger partial charge in [-0.1, -0.05) is 30.0 Å². The molecule has 124 valence electrons. The molecule has 1 amide bonds. The molecule has 3 heterocycles. The van der Waals surface area contributed by atoms with E-state index in [-0.39, 0.29) is 5.91 Å². The molecule has 3 nitrogen and oxygen atoms in total. The minimum atomic E-state index is -0.308.